The molecule has 3 atom stereocenters. The quantitative estimate of drug-likeness (QED) is 0.836. The van der Waals surface area contributed by atoms with Crippen molar-refractivity contribution in [3.05, 3.63) is 66.2 Å². The summed E-state index contributed by atoms with van der Waals surface area (Å²) in [7, 11) is 0. The average molecular weight is 294 g/mol. The Labute approximate surface area is 131 Å². The average Bonchev–Trinajstić information content (AvgIpc) is 2.58. The largest absolute Gasteiger partial charge is 0.344 e. The summed E-state index contributed by atoms with van der Waals surface area (Å²) in [6, 6.07) is 21.5. The third kappa shape index (κ3) is 1.89. The maximum absolute atomic E-state index is 9.98. The fourth-order valence-electron chi connectivity index (χ4n) is 4.45. The summed E-state index contributed by atoms with van der Waals surface area (Å²) in [5.74, 6) is 0.453. The highest BCUT2D eigenvalue weighted by atomic mass is 16.5. The first-order chi connectivity index (χ1) is 10.9. The molecule has 2 aromatic rings. The monoisotopic (exact) mass is 294 g/mol. The maximum atomic E-state index is 9.98. The highest BCUT2D eigenvalue weighted by Gasteiger charge is 2.61. The van der Waals surface area contributed by atoms with Gasteiger partial charge in [-0.05, 0) is 37.0 Å². The Morgan fingerprint density at radius 3 is 2.32 bits per heavy atom. The van der Waals surface area contributed by atoms with Crippen molar-refractivity contribution in [3.8, 4) is 0 Å². The minimum atomic E-state index is -0.305. The minimum absolute atomic E-state index is 0.305. The molecule has 2 N–H and O–H groups in total. The molecule has 0 spiro atoms. The number of hydrogen-bond donors (Lipinski definition) is 2. The second-order valence-corrected chi connectivity index (χ2v) is 6.45. The van der Waals surface area contributed by atoms with Gasteiger partial charge < -0.3 is 10.1 Å². The molecule has 2 fully saturated rings. The fourth-order valence-corrected chi connectivity index (χ4v) is 4.45. The zero-order valence-electron chi connectivity index (χ0n) is 12.7. The lowest BCUT2D eigenvalue weighted by Crippen LogP contribution is -2.76. The number of nitrogens with zero attached hydrogens (tertiary/aromatic N) is 1. The molecule has 0 aromatic heterocycles. The molecule has 1 saturated heterocycles. The van der Waals surface area contributed by atoms with Crippen LogP contribution in [0.15, 0.2) is 60.7 Å². The molecular formula is C19H22N2O. The van der Waals surface area contributed by atoms with Crippen LogP contribution >= 0.6 is 0 Å². The molecule has 2 aliphatic rings. The normalized spacial score (nSPS) is 30.5. The molecule has 1 heterocycles. The van der Waals surface area contributed by atoms with Crippen LogP contribution in [-0.2, 0) is 0 Å². The van der Waals surface area contributed by atoms with E-state index in [2.05, 4.69) is 65.0 Å². The summed E-state index contributed by atoms with van der Waals surface area (Å²) < 4.78 is 0. The van der Waals surface area contributed by atoms with Crippen molar-refractivity contribution in [2.75, 3.05) is 4.90 Å². The summed E-state index contributed by atoms with van der Waals surface area (Å²) >= 11 is 0. The third-order valence-corrected chi connectivity index (χ3v) is 5.39. The van der Waals surface area contributed by atoms with E-state index in [1.807, 2.05) is 6.07 Å². The van der Waals surface area contributed by atoms with Gasteiger partial charge in [-0.3, -0.25) is 0 Å². The van der Waals surface area contributed by atoms with Crippen LogP contribution in [0.5, 0.6) is 0 Å². The minimum Gasteiger partial charge on any atom is -0.344 e. The Balaban J connectivity index is 1.79. The number of para-hydroxylation sites is 1. The molecule has 0 radical (unpaired) electrons. The van der Waals surface area contributed by atoms with Gasteiger partial charge in [0.25, 0.3) is 0 Å². The van der Waals surface area contributed by atoms with E-state index in [9.17, 15) is 5.21 Å². The van der Waals surface area contributed by atoms with Gasteiger partial charge in [0.2, 0.25) is 0 Å². The maximum Gasteiger partial charge on any atom is 0.119 e. The van der Waals surface area contributed by atoms with Crippen molar-refractivity contribution in [1.82, 2.24) is 5.48 Å². The van der Waals surface area contributed by atoms with E-state index < -0.39 is 0 Å². The van der Waals surface area contributed by atoms with E-state index in [0.29, 0.717) is 12.0 Å². The number of benzene rings is 2. The van der Waals surface area contributed by atoms with Crippen molar-refractivity contribution < 1.29 is 5.21 Å². The van der Waals surface area contributed by atoms with Gasteiger partial charge in [0, 0.05) is 11.6 Å². The highest BCUT2D eigenvalue weighted by Crippen LogP contribution is 2.58. The smallest absolute Gasteiger partial charge is 0.119 e. The van der Waals surface area contributed by atoms with Gasteiger partial charge in [-0.15, -0.1) is 0 Å². The van der Waals surface area contributed by atoms with Crippen molar-refractivity contribution in [1.29, 1.82) is 0 Å². The molecule has 3 heteroatoms. The van der Waals surface area contributed by atoms with Gasteiger partial charge >= 0.3 is 0 Å². The summed E-state index contributed by atoms with van der Waals surface area (Å²) in [5, 5.41) is 9.98. The molecule has 2 aromatic carbocycles. The topological polar surface area (TPSA) is 35.5 Å². The molecule has 3 nitrogen and oxygen atoms in total. The molecule has 22 heavy (non-hydrogen) atoms. The van der Waals surface area contributed by atoms with Crippen molar-refractivity contribution in [3.63, 3.8) is 0 Å². The van der Waals surface area contributed by atoms with Crippen LogP contribution in [-0.4, -0.2) is 10.9 Å². The van der Waals surface area contributed by atoms with Gasteiger partial charge in [-0.1, -0.05) is 55.0 Å². The lowest BCUT2D eigenvalue weighted by molar-refractivity contribution is -0.0745. The molecule has 1 aliphatic carbocycles. The second kappa shape index (κ2) is 5.41. The van der Waals surface area contributed by atoms with Crippen LogP contribution in [0.25, 0.3) is 0 Å². The molecule has 1 aliphatic heterocycles. The first kappa shape index (κ1) is 13.8. The molecule has 114 valence electrons. The Morgan fingerprint density at radius 1 is 0.955 bits per heavy atom. The number of hydrogen-bond acceptors (Lipinski definition) is 3. The lowest BCUT2D eigenvalue weighted by Gasteiger charge is -2.66. The van der Waals surface area contributed by atoms with E-state index in [1.165, 1.54) is 17.7 Å². The van der Waals surface area contributed by atoms with Crippen molar-refractivity contribution in [2.24, 2.45) is 5.92 Å². The van der Waals surface area contributed by atoms with E-state index in [0.717, 1.165) is 19.3 Å². The summed E-state index contributed by atoms with van der Waals surface area (Å²) in [6.07, 6.45) is 4.57. The summed E-state index contributed by atoms with van der Waals surface area (Å²) in [4.78, 5) is 2.38. The van der Waals surface area contributed by atoms with Gasteiger partial charge in [0.05, 0.1) is 6.04 Å². The number of nitrogens with one attached hydrogen (secondary N) is 1. The summed E-state index contributed by atoms with van der Waals surface area (Å²) in [6.45, 7) is 0. The Hall–Kier alpha value is -1.84. The zero-order valence-corrected chi connectivity index (χ0v) is 12.7. The molecule has 1 unspecified atom stereocenters. The van der Waals surface area contributed by atoms with Crippen LogP contribution in [0.2, 0.25) is 0 Å². The van der Waals surface area contributed by atoms with Crippen molar-refractivity contribution in [2.45, 2.75) is 37.4 Å². The van der Waals surface area contributed by atoms with Crippen LogP contribution in [0.3, 0.4) is 0 Å². The van der Waals surface area contributed by atoms with Gasteiger partial charge in [-0.25, -0.2) is 0 Å². The Bertz CT molecular complexity index is 630. The van der Waals surface area contributed by atoms with Gasteiger partial charge in [-0.2, -0.15) is 5.48 Å². The number of fused-ring (bicyclic) bond motifs is 1. The van der Waals surface area contributed by atoms with E-state index >= 15 is 0 Å². The van der Waals surface area contributed by atoms with E-state index in [-0.39, 0.29) is 5.66 Å². The van der Waals surface area contributed by atoms with Gasteiger partial charge in [0.1, 0.15) is 5.66 Å². The van der Waals surface area contributed by atoms with Crippen LogP contribution in [0.4, 0.5) is 5.69 Å². The van der Waals surface area contributed by atoms with E-state index in [1.54, 1.807) is 0 Å². The van der Waals surface area contributed by atoms with Crippen LogP contribution < -0.4 is 10.4 Å². The molecule has 1 saturated carbocycles. The number of anilines is 1. The second-order valence-electron chi connectivity index (χ2n) is 6.45. The van der Waals surface area contributed by atoms with Gasteiger partial charge in [0.15, 0.2) is 0 Å². The molecular weight excluding hydrogens is 272 g/mol. The molecule has 0 bridgehead atoms. The molecule has 4 rings (SSSR count). The first-order valence-corrected chi connectivity index (χ1v) is 8.17. The zero-order chi connectivity index (χ0) is 15.0. The third-order valence-electron chi connectivity index (χ3n) is 5.39. The number of hydroxylamine groups is 1. The van der Waals surface area contributed by atoms with E-state index in [4.69, 9.17) is 0 Å². The number of rotatable bonds is 3. The van der Waals surface area contributed by atoms with Crippen LogP contribution in [0, 0.1) is 5.92 Å². The van der Waals surface area contributed by atoms with Crippen LogP contribution in [0.1, 0.15) is 37.3 Å². The summed E-state index contributed by atoms with van der Waals surface area (Å²) in [5.41, 5.74) is 4.90. The van der Waals surface area contributed by atoms with Crippen molar-refractivity contribution >= 4 is 5.69 Å². The SMILES string of the molecule is ONC12CCCC[C@H]1[C@@H](c1ccccc1)N2c1ccccc1. The first-order valence-electron chi connectivity index (χ1n) is 8.17. The Kier molecular flexibility index (Phi) is 3.40. The fraction of sp³-hybridized carbons (Fsp3) is 0.368. The predicted molar refractivity (Wildman–Crippen MR) is 87.7 cm³/mol. The highest BCUT2D eigenvalue weighted by molar-refractivity contribution is 5.57. The standard InChI is InChI=1S/C19H22N2O/c22-20-19-14-8-7-13-17(19)18(15-9-3-1-4-10-15)21(19)16-11-5-2-6-12-16/h1-6,9-12,17-18,20,22H,7-8,13-14H2/t17-,18+,19?/m0/s1. The Morgan fingerprint density at radius 2 is 1.64 bits per heavy atom. The lowest BCUT2D eigenvalue weighted by atomic mass is 9.63. The predicted octanol–water partition coefficient (Wildman–Crippen LogP) is 4.11. The molecule has 0 amide bonds.